The summed E-state index contributed by atoms with van der Waals surface area (Å²) in [5.74, 6) is 0.846. The van der Waals surface area contributed by atoms with E-state index >= 15 is 0 Å². The molecule has 2 rings (SSSR count). The van der Waals surface area contributed by atoms with Crippen molar-refractivity contribution in [2.45, 2.75) is 12.5 Å². The molecule has 0 aliphatic carbocycles. The number of rotatable bonds is 4. The molecule has 0 N–H and O–H groups in total. The molecular formula is C14H18BrNO5S. The second kappa shape index (κ2) is 6.45. The van der Waals surface area contributed by atoms with Gasteiger partial charge < -0.3 is 14.4 Å². The van der Waals surface area contributed by atoms with Crippen molar-refractivity contribution in [3.63, 3.8) is 0 Å². The minimum atomic E-state index is -3.04. The van der Waals surface area contributed by atoms with Gasteiger partial charge in [-0.05, 0) is 34.5 Å². The molecule has 1 heterocycles. The summed E-state index contributed by atoms with van der Waals surface area (Å²) in [7, 11) is 1.58. The fourth-order valence-corrected chi connectivity index (χ4v) is 4.77. The molecular weight excluding hydrogens is 374 g/mol. The first kappa shape index (κ1) is 17.1. The Morgan fingerprint density at radius 1 is 1.27 bits per heavy atom. The molecule has 0 saturated carbocycles. The summed E-state index contributed by atoms with van der Waals surface area (Å²) in [6.07, 6.45) is 0.468. The van der Waals surface area contributed by atoms with Crippen LogP contribution in [0.4, 0.5) is 0 Å². The van der Waals surface area contributed by atoms with Gasteiger partial charge in [0, 0.05) is 18.7 Å². The van der Waals surface area contributed by atoms with Crippen molar-refractivity contribution in [1.29, 1.82) is 0 Å². The number of methoxy groups -OCH3 is 2. The van der Waals surface area contributed by atoms with E-state index in [1.165, 1.54) is 19.1 Å². The van der Waals surface area contributed by atoms with Gasteiger partial charge in [0.15, 0.2) is 9.84 Å². The monoisotopic (exact) mass is 391 g/mol. The summed E-state index contributed by atoms with van der Waals surface area (Å²) in [4.78, 5) is 14.1. The van der Waals surface area contributed by atoms with Crippen LogP contribution in [0.5, 0.6) is 11.5 Å². The van der Waals surface area contributed by atoms with Crippen LogP contribution in [0.2, 0.25) is 0 Å². The van der Waals surface area contributed by atoms with Crippen molar-refractivity contribution >= 4 is 31.7 Å². The van der Waals surface area contributed by atoms with Crippen molar-refractivity contribution in [2.24, 2.45) is 0 Å². The molecule has 0 bridgehead atoms. The highest BCUT2D eigenvalue weighted by Gasteiger charge is 2.33. The third kappa shape index (κ3) is 3.38. The van der Waals surface area contributed by atoms with Crippen LogP contribution in [0, 0.1) is 0 Å². The summed E-state index contributed by atoms with van der Waals surface area (Å²) in [5.41, 5.74) is 0.392. The first-order valence-corrected chi connectivity index (χ1v) is 9.29. The molecule has 122 valence electrons. The molecule has 0 spiro atoms. The fraction of sp³-hybridized carbons (Fsp3) is 0.500. The highest BCUT2D eigenvalue weighted by Crippen LogP contribution is 2.36. The number of carbonyl (C=O) groups is 1. The van der Waals surface area contributed by atoms with Crippen LogP contribution in [0.1, 0.15) is 16.8 Å². The van der Waals surface area contributed by atoms with E-state index in [1.807, 2.05) is 0 Å². The minimum absolute atomic E-state index is 0.0139. The number of carbonyl (C=O) groups excluding carboxylic acids is 1. The smallest absolute Gasteiger partial charge is 0.254 e. The first-order chi connectivity index (χ1) is 10.3. The molecule has 1 aliphatic heterocycles. The van der Waals surface area contributed by atoms with Gasteiger partial charge in [-0.25, -0.2) is 8.42 Å². The van der Waals surface area contributed by atoms with Gasteiger partial charge in [0.1, 0.15) is 16.0 Å². The molecule has 0 aromatic heterocycles. The molecule has 22 heavy (non-hydrogen) atoms. The van der Waals surface area contributed by atoms with E-state index < -0.39 is 9.84 Å². The van der Waals surface area contributed by atoms with Crippen LogP contribution in [0.25, 0.3) is 0 Å². The molecule has 1 saturated heterocycles. The number of benzene rings is 1. The topological polar surface area (TPSA) is 72.9 Å². The summed E-state index contributed by atoms with van der Waals surface area (Å²) in [5, 5.41) is 0. The molecule has 1 amide bonds. The lowest BCUT2D eigenvalue weighted by molar-refractivity contribution is 0.0747. The number of nitrogens with zero attached hydrogens (tertiary/aromatic N) is 1. The van der Waals surface area contributed by atoms with Crippen LogP contribution >= 0.6 is 15.9 Å². The quantitative estimate of drug-likeness (QED) is 0.781. The Morgan fingerprint density at radius 2 is 1.82 bits per heavy atom. The van der Waals surface area contributed by atoms with E-state index in [9.17, 15) is 13.2 Å². The maximum Gasteiger partial charge on any atom is 0.254 e. The summed E-state index contributed by atoms with van der Waals surface area (Å²) in [6.45, 7) is 0. The van der Waals surface area contributed by atoms with Gasteiger partial charge in [-0.3, -0.25) is 4.79 Å². The van der Waals surface area contributed by atoms with Crippen LogP contribution in [-0.4, -0.2) is 58.0 Å². The molecule has 8 heteroatoms. The summed E-state index contributed by atoms with van der Waals surface area (Å²) in [6, 6.07) is 2.92. The predicted octanol–water partition coefficient (Wildman–Crippen LogP) is 1.73. The number of amides is 1. The van der Waals surface area contributed by atoms with Gasteiger partial charge >= 0.3 is 0 Å². The highest BCUT2D eigenvalue weighted by molar-refractivity contribution is 9.10. The lowest BCUT2D eigenvalue weighted by atomic mass is 10.1. The van der Waals surface area contributed by atoms with Gasteiger partial charge in [-0.2, -0.15) is 0 Å². The normalized spacial score (nSPS) is 19.7. The van der Waals surface area contributed by atoms with Crippen molar-refractivity contribution < 1.29 is 22.7 Å². The number of hydrogen-bond acceptors (Lipinski definition) is 5. The Kier molecular flexibility index (Phi) is 5.01. The van der Waals surface area contributed by atoms with Gasteiger partial charge in [-0.15, -0.1) is 0 Å². The molecule has 1 fully saturated rings. The highest BCUT2D eigenvalue weighted by atomic mass is 79.9. The lowest BCUT2D eigenvalue weighted by Crippen LogP contribution is -2.37. The molecule has 1 aromatic carbocycles. The Morgan fingerprint density at radius 3 is 2.23 bits per heavy atom. The zero-order valence-electron chi connectivity index (χ0n) is 12.6. The maximum atomic E-state index is 12.6. The minimum Gasteiger partial charge on any atom is -0.495 e. The van der Waals surface area contributed by atoms with E-state index in [1.54, 1.807) is 19.2 Å². The molecule has 1 atom stereocenters. The van der Waals surface area contributed by atoms with E-state index in [-0.39, 0.29) is 23.5 Å². The standard InChI is InChI=1S/C14H18BrNO5S/c1-16(10-4-5-22(18,19)8-10)14(17)9-6-11(20-2)13(15)12(7-9)21-3/h6-7,10H,4-5,8H2,1-3H3. The SMILES string of the molecule is COc1cc(C(=O)N(C)C2CCS(=O)(=O)C2)cc(OC)c1Br. The van der Waals surface area contributed by atoms with Crippen molar-refractivity contribution in [1.82, 2.24) is 4.90 Å². The van der Waals surface area contributed by atoms with Gasteiger partial charge in [0.05, 0.1) is 25.7 Å². The van der Waals surface area contributed by atoms with Crippen LogP contribution in [-0.2, 0) is 9.84 Å². The van der Waals surface area contributed by atoms with Crippen LogP contribution in [0.3, 0.4) is 0 Å². The lowest BCUT2D eigenvalue weighted by Gasteiger charge is -2.24. The zero-order valence-corrected chi connectivity index (χ0v) is 15.0. The fourth-order valence-electron chi connectivity index (χ4n) is 2.44. The predicted molar refractivity (Wildman–Crippen MR) is 86.4 cm³/mol. The Balaban J connectivity index is 2.29. The van der Waals surface area contributed by atoms with Gasteiger partial charge in [0.25, 0.3) is 5.91 Å². The van der Waals surface area contributed by atoms with E-state index in [4.69, 9.17) is 9.47 Å². The second-order valence-electron chi connectivity index (χ2n) is 5.17. The molecule has 1 aromatic rings. The van der Waals surface area contributed by atoms with Crippen molar-refractivity contribution in [3.8, 4) is 11.5 Å². The summed E-state index contributed by atoms with van der Waals surface area (Å²) < 4.78 is 34.2. The van der Waals surface area contributed by atoms with Crippen LogP contribution < -0.4 is 9.47 Å². The van der Waals surface area contributed by atoms with Crippen molar-refractivity contribution in [3.05, 3.63) is 22.2 Å². The Labute approximate surface area is 138 Å². The molecule has 1 aliphatic rings. The first-order valence-electron chi connectivity index (χ1n) is 6.68. The third-order valence-corrected chi connectivity index (χ3v) is 6.30. The number of ether oxygens (including phenoxy) is 2. The Bertz CT molecular complexity index is 663. The Hall–Kier alpha value is -1.28. The van der Waals surface area contributed by atoms with Crippen molar-refractivity contribution in [2.75, 3.05) is 32.8 Å². The van der Waals surface area contributed by atoms with Crippen LogP contribution in [0.15, 0.2) is 16.6 Å². The molecule has 1 unspecified atom stereocenters. The van der Waals surface area contributed by atoms with Gasteiger partial charge in [0.2, 0.25) is 0 Å². The number of sulfone groups is 1. The molecule has 0 radical (unpaired) electrons. The third-order valence-electron chi connectivity index (χ3n) is 3.77. The zero-order chi connectivity index (χ0) is 16.5. The van der Waals surface area contributed by atoms with E-state index in [0.717, 1.165) is 0 Å². The van der Waals surface area contributed by atoms with Gasteiger partial charge in [-0.1, -0.05) is 0 Å². The average molecular weight is 392 g/mol. The largest absolute Gasteiger partial charge is 0.495 e. The molecule has 6 nitrogen and oxygen atoms in total. The average Bonchev–Trinajstić information content (AvgIpc) is 2.86. The van der Waals surface area contributed by atoms with E-state index in [2.05, 4.69) is 15.9 Å². The maximum absolute atomic E-state index is 12.6. The number of hydrogen-bond donors (Lipinski definition) is 0. The number of halogens is 1. The second-order valence-corrected chi connectivity index (χ2v) is 8.19. The van der Waals surface area contributed by atoms with E-state index in [0.29, 0.717) is 28.0 Å². The summed E-state index contributed by atoms with van der Waals surface area (Å²) >= 11 is 3.35.